The number of ketones is 1. The van der Waals surface area contributed by atoms with Crippen LogP contribution in [-0.4, -0.2) is 22.5 Å². The van der Waals surface area contributed by atoms with Crippen molar-refractivity contribution in [2.75, 3.05) is 6.61 Å². The highest BCUT2D eigenvalue weighted by Crippen LogP contribution is 2.19. The Hall–Kier alpha value is -1.94. The number of furan rings is 1. The first kappa shape index (κ1) is 12.5. The third-order valence-corrected chi connectivity index (χ3v) is 2.84. The predicted octanol–water partition coefficient (Wildman–Crippen LogP) is 1.95. The maximum Gasteiger partial charge on any atom is 0.146 e. The van der Waals surface area contributed by atoms with Crippen LogP contribution < -0.4 is 0 Å². The molecule has 4 nitrogen and oxygen atoms in total. The zero-order valence-corrected chi connectivity index (χ0v) is 9.95. The second-order valence-corrected chi connectivity index (χ2v) is 4.08. The SMILES string of the molecule is O=C(CCc1cccnc1)[C@@H](CO)c1ccco1. The number of aliphatic hydroxyl groups excluding tert-OH is 1. The number of carbonyl (C=O) groups is 1. The summed E-state index contributed by atoms with van der Waals surface area (Å²) in [6.45, 7) is -0.223. The van der Waals surface area contributed by atoms with E-state index in [4.69, 9.17) is 4.42 Å². The van der Waals surface area contributed by atoms with Crippen molar-refractivity contribution in [1.29, 1.82) is 0 Å². The fourth-order valence-corrected chi connectivity index (χ4v) is 1.83. The van der Waals surface area contributed by atoms with Gasteiger partial charge in [0.25, 0.3) is 0 Å². The van der Waals surface area contributed by atoms with E-state index in [-0.39, 0.29) is 12.4 Å². The number of aliphatic hydroxyl groups is 1. The average Bonchev–Trinajstić information content (AvgIpc) is 2.92. The Balaban J connectivity index is 1.95. The van der Waals surface area contributed by atoms with Gasteiger partial charge in [-0.3, -0.25) is 9.78 Å². The number of hydrogen-bond donors (Lipinski definition) is 1. The van der Waals surface area contributed by atoms with Gasteiger partial charge in [-0.2, -0.15) is 0 Å². The van der Waals surface area contributed by atoms with Crippen molar-refractivity contribution < 1.29 is 14.3 Å². The first-order valence-corrected chi connectivity index (χ1v) is 5.87. The Morgan fingerprint density at radius 3 is 2.89 bits per heavy atom. The normalized spacial score (nSPS) is 12.3. The van der Waals surface area contributed by atoms with Gasteiger partial charge in [0.15, 0.2) is 0 Å². The fourth-order valence-electron chi connectivity index (χ4n) is 1.83. The molecule has 2 aromatic rings. The van der Waals surface area contributed by atoms with E-state index in [1.54, 1.807) is 24.5 Å². The summed E-state index contributed by atoms with van der Waals surface area (Å²) < 4.78 is 5.17. The second kappa shape index (κ2) is 6.12. The minimum Gasteiger partial charge on any atom is -0.469 e. The summed E-state index contributed by atoms with van der Waals surface area (Å²) >= 11 is 0. The number of aromatic nitrogens is 1. The van der Waals surface area contributed by atoms with Crippen LogP contribution in [-0.2, 0) is 11.2 Å². The lowest BCUT2D eigenvalue weighted by atomic mass is 9.97. The van der Waals surface area contributed by atoms with Crippen molar-refractivity contribution in [3.63, 3.8) is 0 Å². The Labute approximate surface area is 105 Å². The molecule has 2 aromatic heterocycles. The van der Waals surface area contributed by atoms with Crippen molar-refractivity contribution in [1.82, 2.24) is 4.98 Å². The monoisotopic (exact) mass is 245 g/mol. The lowest BCUT2D eigenvalue weighted by Crippen LogP contribution is -2.16. The Morgan fingerprint density at radius 2 is 2.28 bits per heavy atom. The molecule has 0 aromatic carbocycles. The lowest BCUT2D eigenvalue weighted by molar-refractivity contribution is -0.121. The summed E-state index contributed by atoms with van der Waals surface area (Å²) in [4.78, 5) is 16.0. The molecule has 0 aliphatic rings. The summed E-state index contributed by atoms with van der Waals surface area (Å²) in [7, 11) is 0. The van der Waals surface area contributed by atoms with E-state index in [2.05, 4.69) is 4.98 Å². The van der Waals surface area contributed by atoms with Gasteiger partial charge < -0.3 is 9.52 Å². The molecule has 0 aliphatic carbocycles. The number of aryl methyl sites for hydroxylation is 1. The number of nitrogens with zero attached hydrogens (tertiary/aromatic N) is 1. The van der Waals surface area contributed by atoms with Gasteiger partial charge in [0.05, 0.1) is 18.8 Å². The summed E-state index contributed by atoms with van der Waals surface area (Å²) in [6, 6.07) is 7.20. The van der Waals surface area contributed by atoms with Crippen LogP contribution in [0.2, 0.25) is 0 Å². The van der Waals surface area contributed by atoms with Gasteiger partial charge in [-0.1, -0.05) is 6.07 Å². The van der Waals surface area contributed by atoms with Crippen LogP contribution >= 0.6 is 0 Å². The average molecular weight is 245 g/mol. The van der Waals surface area contributed by atoms with Crippen LogP contribution in [0.15, 0.2) is 47.3 Å². The summed E-state index contributed by atoms with van der Waals surface area (Å²) in [5.41, 5.74) is 1.02. The van der Waals surface area contributed by atoms with Crippen LogP contribution in [0.3, 0.4) is 0 Å². The standard InChI is InChI=1S/C14H15NO3/c16-10-12(14-4-2-8-18-14)13(17)6-5-11-3-1-7-15-9-11/h1-4,7-9,12,16H,5-6,10H2/t12-/m1/s1. The molecule has 2 heterocycles. The molecule has 0 spiro atoms. The van der Waals surface area contributed by atoms with Crippen molar-refractivity contribution in [2.45, 2.75) is 18.8 Å². The zero-order valence-electron chi connectivity index (χ0n) is 9.95. The van der Waals surface area contributed by atoms with Gasteiger partial charge in [-0.05, 0) is 30.2 Å². The van der Waals surface area contributed by atoms with Gasteiger partial charge in [0.2, 0.25) is 0 Å². The largest absolute Gasteiger partial charge is 0.469 e. The van der Waals surface area contributed by atoms with Crippen LogP contribution in [0.4, 0.5) is 0 Å². The molecule has 1 N–H and O–H groups in total. The van der Waals surface area contributed by atoms with Gasteiger partial charge in [0, 0.05) is 18.8 Å². The minimum absolute atomic E-state index is 0.0173. The maximum absolute atomic E-state index is 12.0. The molecule has 94 valence electrons. The van der Waals surface area contributed by atoms with Gasteiger partial charge in [0.1, 0.15) is 11.5 Å². The molecule has 0 fully saturated rings. The van der Waals surface area contributed by atoms with Crippen LogP contribution in [0.25, 0.3) is 0 Å². The predicted molar refractivity (Wildman–Crippen MR) is 66.1 cm³/mol. The van der Waals surface area contributed by atoms with Gasteiger partial charge in [-0.25, -0.2) is 0 Å². The maximum atomic E-state index is 12.0. The Bertz CT molecular complexity index is 479. The van der Waals surface area contributed by atoms with E-state index in [1.165, 1.54) is 6.26 Å². The smallest absolute Gasteiger partial charge is 0.146 e. The first-order chi connectivity index (χ1) is 8.81. The third kappa shape index (κ3) is 3.05. The number of carbonyl (C=O) groups excluding carboxylic acids is 1. The number of rotatable bonds is 6. The number of pyridine rings is 1. The van der Waals surface area contributed by atoms with Gasteiger partial charge in [-0.15, -0.1) is 0 Å². The first-order valence-electron chi connectivity index (χ1n) is 5.87. The molecule has 4 heteroatoms. The molecular weight excluding hydrogens is 230 g/mol. The summed E-state index contributed by atoms with van der Waals surface area (Å²) in [5, 5.41) is 9.27. The van der Waals surface area contributed by atoms with E-state index < -0.39 is 5.92 Å². The number of hydrogen-bond acceptors (Lipinski definition) is 4. The van der Waals surface area contributed by atoms with Crippen molar-refractivity contribution in [3.8, 4) is 0 Å². The van der Waals surface area contributed by atoms with Crippen molar-refractivity contribution >= 4 is 5.78 Å². The minimum atomic E-state index is -0.559. The molecule has 18 heavy (non-hydrogen) atoms. The highest BCUT2D eigenvalue weighted by atomic mass is 16.3. The Kier molecular flexibility index (Phi) is 4.25. The molecule has 0 saturated heterocycles. The fraction of sp³-hybridized carbons (Fsp3) is 0.286. The quantitative estimate of drug-likeness (QED) is 0.844. The molecule has 0 radical (unpaired) electrons. The van der Waals surface area contributed by atoms with Gasteiger partial charge >= 0.3 is 0 Å². The van der Waals surface area contributed by atoms with E-state index in [0.717, 1.165) is 5.56 Å². The summed E-state index contributed by atoms with van der Waals surface area (Å²) in [5.74, 6) is -0.0540. The highest BCUT2D eigenvalue weighted by molar-refractivity contribution is 5.85. The third-order valence-electron chi connectivity index (χ3n) is 2.84. The van der Waals surface area contributed by atoms with E-state index >= 15 is 0 Å². The summed E-state index contributed by atoms with van der Waals surface area (Å²) in [6.07, 6.45) is 5.95. The zero-order chi connectivity index (χ0) is 12.8. The molecular formula is C14H15NO3. The molecule has 0 saturated carbocycles. The van der Waals surface area contributed by atoms with E-state index in [1.807, 2.05) is 12.1 Å². The van der Waals surface area contributed by atoms with Crippen LogP contribution in [0.1, 0.15) is 23.7 Å². The van der Waals surface area contributed by atoms with Crippen LogP contribution in [0.5, 0.6) is 0 Å². The molecule has 0 amide bonds. The molecule has 2 rings (SSSR count). The van der Waals surface area contributed by atoms with Crippen molar-refractivity contribution in [2.24, 2.45) is 0 Å². The molecule has 1 atom stereocenters. The molecule has 0 bridgehead atoms. The highest BCUT2D eigenvalue weighted by Gasteiger charge is 2.21. The Morgan fingerprint density at radius 1 is 1.39 bits per heavy atom. The van der Waals surface area contributed by atoms with Crippen LogP contribution in [0, 0.1) is 0 Å². The number of Topliss-reactive ketones (excluding diaryl/α,β-unsaturated/α-hetero) is 1. The topological polar surface area (TPSA) is 63.3 Å². The molecule has 0 unspecified atom stereocenters. The van der Waals surface area contributed by atoms with Crippen molar-refractivity contribution in [3.05, 3.63) is 54.2 Å². The van der Waals surface area contributed by atoms with E-state index in [0.29, 0.717) is 18.6 Å². The van der Waals surface area contributed by atoms with E-state index in [9.17, 15) is 9.90 Å². The second-order valence-electron chi connectivity index (χ2n) is 4.08. The lowest BCUT2D eigenvalue weighted by Gasteiger charge is -2.10. The molecule has 0 aliphatic heterocycles.